The Labute approximate surface area is 148 Å². The van der Waals surface area contributed by atoms with Crippen LogP contribution in [0.5, 0.6) is 0 Å². The molecule has 0 aromatic heterocycles. The highest BCUT2D eigenvalue weighted by Crippen LogP contribution is 2.21. The van der Waals surface area contributed by atoms with Crippen molar-refractivity contribution < 1.29 is 19.8 Å². The molecule has 0 heterocycles. The second kappa shape index (κ2) is 9.59. The number of carboxylic acid groups (broad SMARTS) is 2. The topological polar surface area (TPSA) is 74.6 Å². The lowest BCUT2D eigenvalue weighted by molar-refractivity contribution is 0.0696. The lowest BCUT2D eigenvalue weighted by Crippen LogP contribution is -2.48. The maximum Gasteiger partial charge on any atom is 0.335 e. The first-order valence-electron chi connectivity index (χ1n) is 8.38. The maximum absolute atomic E-state index is 10.4. The van der Waals surface area contributed by atoms with Crippen LogP contribution in [0.2, 0.25) is 0 Å². The summed E-state index contributed by atoms with van der Waals surface area (Å²) in [6.07, 6.45) is 0. The highest BCUT2D eigenvalue weighted by atomic mass is 16.4. The summed E-state index contributed by atoms with van der Waals surface area (Å²) in [6.45, 7) is 10.3. The van der Waals surface area contributed by atoms with Gasteiger partial charge in [0.2, 0.25) is 0 Å². The second-order valence-corrected chi connectivity index (χ2v) is 5.62. The van der Waals surface area contributed by atoms with E-state index >= 15 is 0 Å². The Morgan fingerprint density at radius 2 is 1.20 bits per heavy atom. The Balaban J connectivity index is 0.000000251. The molecule has 5 heteroatoms. The number of nitrogens with zero attached hydrogens (tertiary/aromatic N) is 1. The van der Waals surface area contributed by atoms with Crippen molar-refractivity contribution in [1.29, 1.82) is 0 Å². The monoisotopic (exact) mass is 344 g/mol. The maximum atomic E-state index is 10.4. The molecular weight excluding hydrogens is 318 g/mol. The van der Waals surface area contributed by atoms with E-state index in [1.807, 2.05) is 0 Å². The molecule has 5 nitrogen and oxygen atoms in total. The minimum Gasteiger partial charge on any atom is -0.478 e. The SMILES string of the molecule is CC[N+](CC)(CC)c1ccccc1.O=C(O)c1cccc(C(=O)O)c1. The Kier molecular flexibility index (Phi) is 7.82. The first kappa shape index (κ1) is 20.4. The van der Waals surface area contributed by atoms with Crippen LogP contribution in [0.15, 0.2) is 54.6 Å². The molecule has 0 saturated carbocycles. The lowest BCUT2D eigenvalue weighted by atomic mass is 10.1. The number of hydrogen-bond donors (Lipinski definition) is 2. The van der Waals surface area contributed by atoms with Gasteiger partial charge in [-0.15, -0.1) is 0 Å². The summed E-state index contributed by atoms with van der Waals surface area (Å²) in [5.74, 6) is -2.25. The standard InChI is InChI=1S/C12H20N.C8H6O4/c1-4-13(5-2,6-3)12-10-8-7-9-11-12;9-7(10)5-2-1-3-6(4-5)8(11)12/h7-11H,4-6H2,1-3H3;1-4H,(H,9,10)(H,11,12)/q+1;. The molecule has 0 spiro atoms. The molecule has 0 aliphatic heterocycles. The summed E-state index contributed by atoms with van der Waals surface area (Å²) in [5.41, 5.74) is 1.40. The average molecular weight is 344 g/mol. The van der Waals surface area contributed by atoms with Crippen LogP contribution in [0.25, 0.3) is 0 Å². The van der Waals surface area contributed by atoms with Crippen LogP contribution in [0, 0.1) is 0 Å². The summed E-state index contributed by atoms with van der Waals surface area (Å²) in [6, 6.07) is 16.0. The van der Waals surface area contributed by atoms with Crippen molar-refractivity contribution in [1.82, 2.24) is 4.48 Å². The van der Waals surface area contributed by atoms with Crippen molar-refractivity contribution in [2.75, 3.05) is 19.6 Å². The van der Waals surface area contributed by atoms with Gasteiger partial charge in [0.25, 0.3) is 0 Å². The predicted molar refractivity (Wildman–Crippen MR) is 100 cm³/mol. The van der Waals surface area contributed by atoms with Crippen LogP contribution in [0.4, 0.5) is 5.69 Å². The molecule has 0 unspecified atom stereocenters. The highest BCUT2D eigenvalue weighted by Gasteiger charge is 2.23. The van der Waals surface area contributed by atoms with E-state index in [9.17, 15) is 9.59 Å². The Morgan fingerprint density at radius 3 is 1.56 bits per heavy atom. The minimum atomic E-state index is -1.13. The number of quaternary nitrogens is 1. The van der Waals surface area contributed by atoms with Crippen LogP contribution in [0.3, 0.4) is 0 Å². The quantitative estimate of drug-likeness (QED) is 0.773. The van der Waals surface area contributed by atoms with E-state index in [0.717, 1.165) is 10.5 Å². The number of benzene rings is 2. The van der Waals surface area contributed by atoms with Gasteiger partial charge < -0.3 is 10.2 Å². The number of para-hydroxylation sites is 1. The van der Waals surface area contributed by atoms with Gasteiger partial charge in [-0.3, -0.25) is 4.48 Å². The molecule has 0 radical (unpaired) electrons. The predicted octanol–water partition coefficient (Wildman–Crippen LogP) is 4.14. The molecule has 2 aromatic carbocycles. The van der Waals surface area contributed by atoms with Crippen LogP contribution in [-0.4, -0.2) is 41.8 Å². The van der Waals surface area contributed by atoms with Crippen molar-refractivity contribution >= 4 is 17.6 Å². The fourth-order valence-corrected chi connectivity index (χ4v) is 2.75. The van der Waals surface area contributed by atoms with Crippen LogP contribution < -0.4 is 4.48 Å². The van der Waals surface area contributed by atoms with Crippen LogP contribution >= 0.6 is 0 Å². The summed E-state index contributed by atoms with van der Waals surface area (Å²) in [7, 11) is 0. The van der Waals surface area contributed by atoms with E-state index < -0.39 is 11.9 Å². The normalized spacial score (nSPS) is 10.5. The van der Waals surface area contributed by atoms with Gasteiger partial charge in [0.15, 0.2) is 0 Å². The van der Waals surface area contributed by atoms with Crippen LogP contribution in [-0.2, 0) is 0 Å². The van der Waals surface area contributed by atoms with Crippen LogP contribution in [0.1, 0.15) is 41.5 Å². The second-order valence-electron chi connectivity index (χ2n) is 5.62. The third-order valence-electron chi connectivity index (χ3n) is 4.48. The average Bonchev–Trinajstić information content (AvgIpc) is 2.65. The Bertz CT molecular complexity index is 656. The Hall–Kier alpha value is -2.66. The van der Waals surface area contributed by atoms with Gasteiger partial charge in [0.1, 0.15) is 5.69 Å². The highest BCUT2D eigenvalue weighted by molar-refractivity contribution is 5.93. The van der Waals surface area contributed by atoms with Gasteiger partial charge in [0.05, 0.1) is 30.8 Å². The molecule has 0 amide bonds. The summed E-state index contributed by atoms with van der Waals surface area (Å²) >= 11 is 0. The van der Waals surface area contributed by atoms with Crippen molar-refractivity contribution in [3.63, 3.8) is 0 Å². The fourth-order valence-electron chi connectivity index (χ4n) is 2.75. The van der Waals surface area contributed by atoms with Gasteiger partial charge >= 0.3 is 11.9 Å². The molecule has 0 atom stereocenters. The molecule has 0 aliphatic carbocycles. The molecule has 2 aromatic rings. The molecule has 0 fully saturated rings. The largest absolute Gasteiger partial charge is 0.478 e. The van der Waals surface area contributed by atoms with Crippen molar-refractivity contribution in [3.8, 4) is 0 Å². The molecule has 2 N–H and O–H groups in total. The summed E-state index contributed by atoms with van der Waals surface area (Å²) < 4.78 is 1.10. The molecule has 2 rings (SSSR count). The first-order valence-corrected chi connectivity index (χ1v) is 8.38. The zero-order chi connectivity index (χ0) is 18.9. The van der Waals surface area contributed by atoms with E-state index in [2.05, 4.69) is 51.1 Å². The smallest absolute Gasteiger partial charge is 0.335 e. The molecule has 25 heavy (non-hydrogen) atoms. The third-order valence-corrected chi connectivity index (χ3v) is 4.48. The molecule has 0 bridgehead atoms. The summed E-state index contributed by atoms with van der Waals surface area (Å²) in [5, 5.41) is 17.0. The number of rotatable bonds is 6. The molecule has 134 valence electrons. The van der Waals surface area contributed by atoms with E-state index in [0.29, 0.717) is 0 Å². The zero-order valence-corrected chi connectivity index (χ0v) is 15.0. The van der Waals surface area contributed by atoms with Gasteiger partial charge in [-0.25, -0.2) is 9.59 Å². The van der Waals surface area contributed by atoms with E-state index in [1.54, 1.807) is 0 Å². The van der Waals surface area contributed by atoms with Gasteiger partial charge in [-0.1, -0.05) is 24.3 Å². The van der Waals surface area contributed by atoms with Gasteiger partial charge in [-0.05, 0) is 51.1 Å². The minimum absolute atomic E-state index is 0.0186. The van der Waals surface area contributed by atoms with Gasteiger partial charge in [0, 0.05) is 0 Å². The van der Waals surface area contributed by atoms with Gasteiger partial charge in [-0.2, -0.15) is 0 Å². The molecule has 0 aliphatic rings. The van der Waals surface area contributed by atoms with E-state index in [4.69, 9.17) is 10.2 Å². The summed E-state index contributed by atoms with van der Waals surface area (Å²) in [4.78, 5) is 20.8. The number of hydrogen-bond acceptors (Lipinski definition) is 2. The Morgan fingerprint density at radius 1 is 0.760 bits per heavy atom. The van der Waals surface area contributed by atoms with Crippen molar-refractivity contribution in [3.05, 3.63) is 65.7 Å². The third kappa shape index (κ3) is 5.43. The van der Waals surface area contributed by atoms with Crippen molar-refractivity contribution in [2.45, 2.75) is 20.8 Å². The van der Waals surface area contributed by atoms with Crippen molar-refractivity contribution in [2.24, 2.45) is 0 Å². The van der Waals surface area contributed by atoms with E-state index in [1.165, 1.54) is 43.5 Å². The molecular formula is C20H26NO4+. The fraction of sp³-hybridized carbons (Fsp3) is 0.300. The zero-order valence-electron chi connectivity index (χ0n) is 15.0. The first-order chi connectivity index (χ1) is 11.9. The van der Waals surface area contributed by atoms with E-state index in [-0.39, 0.29) is 11.1 Å². The lowest BCUT2D eigenvalue weighted by Gasteiger charge is -2.35. The number of aromatic carboxylic acids is 2. The number of carbonyl (C=O) groups is 2. The molecule has 0 saturated heterocycles. The number of carboxylic acids is 2.